The van der Waals surface area contributed by atoms with Crippen LogP contribution in [0.2, 0.25) is 0 Å². The molecule has 0 amide bonds. The average Bonchev–Trinajstić information content (AvgIpc) is 0.686. The first kappa shape index (κ1) is 82.8. The van der Waals surface area contributed by atoms with Crippen LogP contribution in [0.1, 0.15) is 47.2 Å². The van der Waals surface area contributed by atoms with Gasteiger partial charge in [-0.3, -0.25) is 0 Å². The van der Waals surface area contributed by atoms with Crippen LogP contribution in [0.4, 0.5) is 0 Å². The van der Waals surface area contributed by atoms with Crippen LogP contribution >= 0.6 is 0 Å². The van der Waals surface area contributed by atoms with E-state index < -0.39 is 10.8 Å². The molecule has 0 fully saturated rings. The molecule has 0 atom stereocenters. The number of hydrogen-bond donors (Lipinski definition) is 0. The largest absolute Gasteiger partial charge is 0.208 e. The summed E-state index contributed by atoms with van der Waals surface area (Å²) in [4.78, 5) is 34.1. The predicted molar refractivity (Wildman–Crippen MR) is 561 cm³/mol. The Morgan fingerprint density at radius 2 is 0.257 bits per heavy atom. The van der Waals surface area contributed by atoms with Gasteiger partial charge in [0.15, 0.2) is 34.9 Å². The van der Waals surface area contributed by atoms with Gasteiger partial charge in [-0.05, 0) is 276 Å². The number of hydrogen-bond acceptors (Lipinski definition) is 6. The summed E-state index contributed by atoms with van der Waals surface area (Å²) in [5.41, 5.74) is 36.8. The Morgan fingerprint density at radius 1 is 0.118 bits per heavy atom. The summed E-state index contributed by atoms with van der Waals surface area (Å²) in [5.74, 6) is 3.19. The Balaban J connectivity index is 0.709. The Labute approximate surface area is 793 Å². The van der Waals surface area contributed by atoms with Gasteiger partial charge in [0.05, 0.1) is 5.41 Å². The highest BCUT2D eigenvalue weighted by Crippen LogP contribution is 2.57. The van der Waals surface area contributed by atoms with Crippen LogP contribution in [0.15, 0.2) is 510 Å². The summed E-state index contributed by atoms with van der Waals surface area (Å²) in [6, 6.07) is 184. The Morgan fingerprint density at radius 3 is 0.456 bits per heavy atom. The zero-order valence-electron chi connectivity index (χ0n) is 75.2. The lowest BCUT2D eigenvalue weighted by Gasteiger charge is -2.48. The van der Waals surface area contributed by atoms with E-state index in [9.17, 15) is 0 Å². The Hall–Kier alpha value is -17.6. The van der Waals surface area contributed by atoms with Crippen LogP contribution in [0.5, 0.6) is 0 Å². The smallest absolute Gasteiger partial charge is 0.164 e. The second-order valence-corrected chi connectivity index (χ2v) is 35.7. The van der Waals surface area contributed by atoms with E-state index >= 15 is 0 Å². The van der Waals surface area contributed by atoms with E-state index in [0.29, 0.717) is 34.9 Å². The summed E-state index contributed by atoms with van der Waals surface area (Å²) in [6.45, 7) is 4.73. The average molecular weight is 1740 g/mol. The van der Waals surface area contributed by atoms with E-state index in [0.717, 1.165) is 189 Å². The summed E-state index contributed by atoms with van der Waals surface area (Å²) in [5, 5.41) is 0. The third-order valence-corrected chi connectivity index (χ3v) is 26.8. The number of fused-ring (bicyclic) bond motifs is 2. The van der Waals surface area contributed by atoms with Crippen LogP contribution in [-0.2, 0) is 10.8 Å². The van der Waals surface area contributed by atoms with Crippen molar-refractivity contribution < 1.29 is 0 Å². The lowest BCUT2D eigenvalue weighted by molar-refractivity contribution is 0.558. The summed E-state index contributed by atoms with van der Waals surface area (Å²) < 4.78 is 0. The molecule has 2 aromatic heterocycles. The van der Waals surface area contributed by atoms with E-state index in [1.54, 1.807) is 0 Å². The van der Waals surface area contributed by atoms with Crippen LogP contribution in [0.3, 0.4) is 0 Å². The van der Waals surface area contributed by atoms with Gasteiger partial charge in [0, 0.05) is 38.8 Å². The molecule has 23 rings (SSSR count). The minimum atomic E-state index is -0.989. The van der Waals surface area contributed by atoms with Crippen molar-refractivity contribution in [2.45, 2.75) is 24.7 Å². The number of rotatable bonds is 20. The molecule has 20 aromatic carbocycles. The Kier molecular flexibility index (Phi) is 21.9. The maximum atomic E-state index is 5.71. The van der Waals surface area contributed by atoms with Gasteiger partial charge in [-0.25, -0.2) is 29.9 Å². The number of benzene rings is 20. The molecule has 6 heteroatoms. The first-order valence-corrected chi connectivity index (χ1v) is 46.5. The monoisotopic (exact) mass is 1730 g/mol. The van der Waals surface area contributed by atoms with E-state index in [1.807, 2.05) is 0 Å². The van der Waals surface area contributed by atoms with Crippen molar-refractivity contribution in [2.75, 3.05) is 0 Å². The van der Waals surface area contributed by atoms with Crippen LogP contribution in [0.25, 0.3) is 202 Å². The van der Waals surface area contributed by atoms with Crippen molar-refractivity contribution in [1.82, 2.24) is 29.9 Å². The van der Waals surface area contributed by atoms with E-state index in [-0.39, 0.29) is 0 Å². The number of nitrogens with zero attached hydrogens (tertiary/aromatic N) is 6. The minimum Gasteiger partial charge on any atom is -0.208 e. The lowest BCUT2D eigenvalue weighted by atomic mass is 9.54. The molecule has 1 aliphatic rings. The lowest BCUT2D eigenvalue weighted by Crippen LogP contribution is -2.41. The van der Waals surface area contributed by atoms with Gasteiger partial charge in [0.1, 0.15) is 0 Å². The molecule has 0 N–H and O–H groups in total. The van der Waals surface area contributed by atoms with Gasteiger partial charge in [0.25, 0.3) is 0 Å². The first-order chi connectivity index (χ1) is 67.1. The van der Waals surface area contributed by atoms with Gasteiger partial charge in [0.2, 0.25) is 0 Å². The molecule has 0 saturated carbocycles. The molecular weight excluding hydrogens is 1650 g/mol. The van der Waals surface area contributed by atoms with Crippen molar-refractivity contribution >= 4 is 0 Å². The Bertz CT molecular complexity index is 7120. The highest BCUT2D eigenvalue weighted by Gasteiger charge is 2.49. The van der Waals surface area contributed by atoms with Crippen LogP contribution in [0, 0.1) is 0 Å². The highest BCUT2D eigenvalue weighted by atomic mass is 15.0. The predicted octanol–water partition coefficient (Wildman–Crippen LogP) is 33.1. The molecule has 0 unspecified atom stereocenters. The zero-order chi connectivity index (χ0) is 90.9. The van der Waals surface area contributed by atoms with Crippen molar-refractivity contribution in [3.63, 3.8) is 0 Å². The molecule has 1 aliphatic carbocycles. The summed E-state index contributed by atoms with van der Waals surface area (Å²) >= 11 is 0. The standard InChI is InChI=1S/C130H90N6/c1-129(2)119-65-27-29-67-121(119)130(122-68-30-28-66-120(122)129,117-63-35-61-103(85-117)127-133-123(99-57-31-53-95(69-99)113-77-105(87-37-11-3-12-38-87)73-106(78-113)88-39-13-4-14-40-88)131-124(134-127)100-58-32-54-96(70-100)114-79-107(89-41-15-5-16-42-89)74-108(80-114)90-43-17-6-18-44-90)118-64-36-62-104(86-118)128-135-125(101-59-33-55-97(71-101)115-81-109(91-45-19-7-20-46-91)75-110(82-115)92-47-21-8-22-48-92)132-126(136-128)102-60-34-56-98(72-102)116-83-111(93-49-23-9-24-50-93)76-112(84-116)94-51-25-10-26-52-94/h3-86H,1-2H3. The van der Waals surface area contributed by atoms with Gasteiger partial charge in [-0.1, -0.05) is 414 Å². The first-order valence-electron chi connectivity index (χ1n) is 46.5. The third kappa shape index (κ3) is 16.3. The molecule has 640 valence electrons. The molecule has 22 aromatic rings. The van der Waals surface area contributed by atoms with E-state index in [1.165, 1.54) is 11.1 Å². The van der Waals surface area contributed by atoms with Gasteiger partial charge in [-0.2, -0.15) is 0 Å². The maximum Gasteiger partial charge on any atom is 0.164 e. The van der Waals surface area contributed by atoms with Crippen molar-refractivity contribution in [3.8, 4) is 202 Å². The van der Waals surface area contributed by atoms with Crippen molar-refractivity contribution in [2.24, 2.45) is 0 Å². The van der Waals surface area contributed by atoms with Crippen molar-refractivity contribution in [3.05, 3.63) is 543 Å². The fourth-order valence-electron chi connectivity index (χ4n) is 20.0. The molecule has 0 radical (unpaired) electrons. The fourth-order valence-corrected chi connectivity index (χ4v) is 20.0. The molecule has 136 heavy (non-hydrogen) atoms. The zero-order valence-corrected chi connectivity index (χ0v) is 75.2. The van der Waals surface area contributed by atoms with E-state index in [4.69, 9.17) is 29.9 Å². The summed E-state index contributed by atoms with van der Waals surface area (Å²) in [6.07, 6.45) is 0. The summed E-state index contributed by atoms with van der Waals surface area (Å²) in [7, 11) is 0. The van der Waals surface area contributed by atoms with Gasteiger partial charge < -0.3 is 0 Å². The van der Waals surface area contributed by atoms with Gasteiger partial charge in [-0.15, -0.1) is 0 Å². The molecule has 0 bridgehead atoms. The highest BCUT2D eigenvalue weighted by molar-refractivity contribution is 5.90. The molecule has 0 saturated heterocycles. The molecule has 0 aliphatic heterocycles. The normalized spacial score (nSPS) is 12.3. The molecular formula is C130H90N6. The van der Waals surface area contributed by atoms with Crippen LogP contribution in [-0.4, -0.2) is 29.9 Å². The maximum absolute atomic E-state index is 5.71. The van der Waals surface area contributed by atoms with Gasteiger partial charge >= 0.3 is 0 Å². The van der Waals surface area contributed by atoms with Crippen molar-refractivity contribution in [1.29, 1.82) is 0 Å². The number of aromatic nitrogens is 6. The molecule has 6 nitrogen and oxygen atoms in total. The minimum absolute atomic E-state index is 0.427. The third-order valence-electron chi connectivity index (χ3n) is 26.8. The van der Waals surface area contributed by atoms with Crippen LogP contribution < -0.4 is 0 Å². The fraction of sp³-hybridized carbons (Fsp3) is 0.0308. The molecule has 2 heterocycles. The van der Waals surface area contributed by atoms with E-state index in [2.05, 4.69) is 523 Å². The topological polar surface area (TPSA) is 77.3 Å². The second kappa shape index (κ2) is 35.9. The quantitative estimate of drug-likeness (QED) is 0.0757. The second-order valence-electron chi connectivity index (χ2n) is 35.7. The molecule has 0 spiro atoms. The SMILES string of the molecule is CC1(C)c2ccccc2C(c2cccc(-c3nc(-c4cccc(-c5cc(-c6ccccc6)cc(-c6ccccc6)c5)c4)nc(-c4cccc(-c5cc(-c6ccccc6)cc(-c6ccccc6)c5)c4)n3)c2)(c2cccc(-c3nc(-c4cccc(-c5cc(-c6ccccc6)cc(-c6ccccc6)c5)c4)nc(-c4cccc(-c5cc(-c6ccccc6)cc(-c6ccccc6)c5)c4)n3)c2)c2ccccc21.